The zero-order valence-electron chi connectivity index (χ0n) is 23.9. The monoisotopic (exact) mass is 577 g/mol. The van der Waals surface area contributed by atoms with Crippen LogP contribution in [-0.4, -0.2) is 47.0 Å². The molecule has 214 valence electrons. The molecule has 4 heterocycles. The summed E-state index contributed by atoms with van der Waals surface area (Å²) in [4.78, 5) is 38.3. The molecule has 1 N–H and O–H groups in total. The highest BCUT2D eigenvalue weighted by Crippen LogP contribution is 2.55. The normalized spacial score (nSPS) is 21.1. The second kappa shape index (κ2) is 9.26. The molecule has 8 heteroatoms. The lowest BCUT2D eigenvalue weighted by molar-refractivity contribution is -0.0989. The highest BCUT2D eigenvalue weighted by Gasteiger charge is 2.61. The fraction of sp³-hybridized carbons (Fsp3) is 0.139. The van der Waals surface area contributed by atoms with Crippen LogP contribution in [0.25, 0.3) is 39.1 Å². The van der Waals surface area contributed by atoms with E-state index in [0.717, 1.165) is 44.7 Å². The molecule has 0 saturated heterocycles. The van der Waals surface area contributed by atoms with Crippen LogP contribution in [0.15, 0.2) is 110 Å². The summed E-state index contributed by atoms with van der Waals surface area (Å²) in [5, 5.41) is 16.6. The molecule has 6 aromatic rings. The number of hydrogen-bond donors (Lipinski definition) is 1. The molecule has 2 amide bonds. The Kier molecular flexibility index (Phi) is 5.51. The van der Waals surface area contributed by atoms with Gasteiger partial charge in [0.1, 0.15) is 0 Å². The van der Waals surface area contributed by atoms with E-state index in [1.165, 1.54) is 11.0 Å². The fourth-order valence-electron chi connectivity index (χ4n) is 6.82. The number of carbonyl (C=O) groups excluding carboxylic acids is 2. The van der Waals surface area contributed by atoms with Gasteiger partial charge in [-0.05, 0) is 36.2 Å². The van der Waals surface area contributed by atoms with Crippen molar-refractivity contribution in [1.82, 2.24) is 24.5 Å². The lowest BCUT2D eigenvalue weighted by Crippen LogP contribution is -2.63. The Bertz CT molecular complexity index is 2130. The van der Waals surface area contributed by atoms with Crippen LogP contribution in [-0.2, 0) is 5.54 Å². The number of fused-ring (bicyclic) bond motifs is 4. The van der Waals surface area contributed by atoms with E-state index in [-0.39, 0.29) is 24.7 Å². The van der Waals surface area contributed by atoms with Crippen LogP contribution in [0.5, 0.6) is 0 Å². The first-order valence-corrected chi connectivity index (χ1v) is 14.5. The predicted octanol–water partition coefficient (Wildman–Crippen LogP) is 6.12. The number of aryl methyl sites for hydroxylation is 1. The van der Waals surface area contributed by atoms with E-state index < -0.39 is 11.1 Å². The number of benzene rings is 3. The summed E-state index contributed by atoms with van der Waals surface area (Å²) in [6.45, 7) is 5.73. The molecular weight excluding hydrogens is 550 g/mol. The summed E-state index contributed by atoms with van der Waals surface area (Å²) >= 11 is 0. The highest BCUT2D eigenvalue weighted by atomic mass is 16.3. The van der Waals surface area contributed by atoms with Crippen molar-refractivity contribution in [2.24, 2.45) is 0 Å². The van der Waals surface area contributed by atoms with Crippen molar-refractivity contribution in [3.8, 4) is 22.4 Å². The molecule has 1 aliphatic carbocycles. The summed E-state index contributed by atoms with van der Waals surface area (Å²) in [5.41, 5.74) is 5.16. The van der Waals surface area contributed by atoms with E-state index in [2.05, 4.69) is 22.7 Å². The maximum absolute atomic E-state index is 13.6. The Morgan fingerprint density at radius 2 is 1.50 bits per heavy atom. The van der Waals surface area contributed by atoms with Gasteiger partial charge in [0.15, 0.2) is 11.3 Å². The standard InChI is InChI=1S/C36H27N5O3/c1-3-35(44)20-36(21-35,40-33(42)27-11-7-8-12-28(27)34(40)43)26-15-13-24(14-16-26)31-29(23-9-5-4-6-10-23)18-25-19-37-30-17-22(2)39-41(30)32(25)38-31/h3-19,44H,1,20-21H2,2H3. The molecule has 0 spiro atoms. The molecule has 3 aromatic heterocycles. The molecule has 0 atom stereocenters. The topological polar surface area (TPSA) is 101 Å². The molecule has 1 saturated carbocycles. The first-order chi connectivity index (χ1) is 21.3. The summed E-state index contributed by atoms with van der Waals surface area (Å²) < 4.78 is 1.76. The molecule has 0 radical (unpaired) electrons. The Hall–Kier alpha value is -5.47. The number of aromatic nitrogens is 4. The third-order valence-corrected chi connectivity index (χ3v) is 8.96. The maximum Gasteiger partial charge on any atom is 0.262 e. The quantitative estimate of drug-likeness (QED) is 0.196. The van der Waals surface area contributed by atoms with Crippen LogP contribution in [0.4, 0.5) is 0 Å². The average Bonchev–Trinajstić information content (AvgIpc) is 3.55. The van der Waals surface area contributed by atoms with Crippen molar-refractivity contribution in [2.45, 2.75) is 30.9 Å². The Labute approximate surface area is 252 Å². The SMILES string of the molecule is C=CC1(O)CC(c2ccc(-c3nc4c(cnc5cc(C)nn54)cc3-c3ccccc3)cc2)(N2C(=O)c3ccccc3C2=O)C1. The number of pyridine rings is 1. The Morgan fingerprint density at radius 3 is 2.16 bits per heavy atom. The smallest absolute Gasteiger partial charge is 0.262 e. The van der Waals surface area contributed by atoms with Gasteiger partial charge in [0.2, 0.25) is 0 Å². The van der Waals surface area contributed by atoms with Gasteiger partial charge in [-0.2, -0.15) is 9.61 Å². The number of carbonyl (C=O) groups is 2. The van der Waals surface area contributed by atoms with Crippen molar-refractivity contribution < 1.29 is 14.7 Å². The van der Waals surface area contributed by atoms with E-state index in [9.17, 15) is 14.7 Å². The minimum atomic E-state index is -1.18. The Balaban J connectivity index is 1.27. The first-order valence-electron chi connectivity index (χ1n) is 14.5. The number of aliphatic hydroxyl groups is 1. The summed E-state index contributed by atoms with van der Waals surface area (Å²) in [7, 11) is 0. The zero-order chi connectivity index (χ0) is 30.2. The number of amides is 2. The van der Waals surface area contributed by atoms with Crippen molar-refractivity contribution in [3.63, 3.8) is 0 Å². The van der Waals surface area contributed by atoms with Crippen molar-refractivity contribution in [3.05, 3.63) is 132 Å². The van der Waals surface area contributed by atoms with Crippen LogP contribution in [0.1, 0.15) is 44.8 Å². The van der Waals surface area contributed by atoms with Crippen LogP contribution in [0, 0.1) is 6.92 Å². The first kappa shape index (κ1) is 26.2. The van der Waals surface area contributed by atoms with E-state index in [0.29, 0.717) is 16.8 Å². The minimum absolute atomic E-state index is 0.168. The molecule has 1 fully saturated rings. The molecule has 8 nitrogen and oxygen atoms in total. The lowest BCUT2D eigenvalue weighted by atomic mass is 9.60. The van der Waals surface area contributed by atoms with Crippen LogP contribution >= 0.6 is 0 Å². The predicted molar refractivity (Wildman–Crippen MR) is 167 cm³/mol. The van der Waals surface area contributed by atoms with Crippen LogP contribution in [0.2, 0.25) is 0 Å². The molecule has 2 aliphatic rings. The van der Waals surface area contributed by atoms with Gasteiger partial charge in [0.05, 0.1) is 33.7 Å². The van der Waals surface area contributed by atoms with Gasteiger partial charge in [-0.25, -0.2) is 9.97 Å². The molecule has 3 aromatic carbocycles. The third kappa shape index (κ3) is 3.71. The molecule has 8 rings (SSSR count). The van der Waals surface area contributed by atoms with Crippen molar-refractivity contribution >= 4 is 28.5 Å². The summed E-state index contributed by atoms with van der Waals surface area (Å²) in [5.74, 6) is -0.703. The largest absolute Gasteiger partial charge is 0.386 e. The minimum Gasteiger partial charge on any atom is -0.386 e. The number of rotatable bonds is 5. The van der Waals surface area contributed by atoms with Crippen molar-refractivity contribution in [1.29, 1.82) is 0 Å². The number of nitrogens with zero attached hydrogens (tertiary/aromatic N) is 5. The van der Waals surface area contributed by atoms with Gasteiger partial charge in [-0.15, -0.1) is 6.58 Å². The molecule has 0 unspecified atom stereocenters. The summed E-state index contributed by atoms with van der Waals surface area (Å²) in [6, 6.07) is 28.7. The second-order valence-corrected chi connectivity index (χ2v) is 11.7. The fourth-order valence-corrected chi connectivity index (χ4v) is 6.82. The highest BCUT2D eigenvalue weighted by molar-refractivity contribution is 6.22. The maximum atomic E-state index is 13.6. The second-order valence-electron chi connectivity index (χ2n) is 11.7. The van der Waals surface area contributed by atoms with Crippen LogP contribution < -0.4 is 0 Å². The lowest BCUT2D eigenvalue weighted by Gasteiger charge is -2.55. The van der Waals surface area contributed by atoms with E-state index in [1.807, 2.05) is 73.8 Å². The number of hydrogen-bond acceptors (Lipinski definition) is 6. The van der Waals surface area contributed by atoms with E-state index in [1.54, 1.807) is 28.8 Å². The summed E-state index contributed by atoms with van der Waals surface area (Å²) in [6.07, 6.45) is 3.65. The van der Waals surface area contributed by atoms with Gasteiger partial charge in [-0.3, -0.25) is 14.5 Å². The Morgan fingerprint density at radius 1 is 0.841 bits per heavy atom. The number of imide groups is 1. The van der Waals surface area contributed by atoms with Gasteiger partial charge >= 0.3 is 0 Å². The average molecular weight is 578 g/mol. The van der Waals surface area contributed by atoms with E-state index in [4.69, 9.17) is 4.98 Å². The molecule has 44 heavy (non-hydrogen) atoms. The van der Waals surface area contributed by atoms with E-state index >= 15 is 0 Å². The van der Waals surface area contributed by atoms with Gasteiger partial charge in [0.25, 0.3) is 11.8 Å². The molecule has 1 aliphatic heterocycles. The van der Waals surface area contributed by atoms with Crippen molar-refractivity contribution in [2.75, 3.05) is 0 Å². The van der Waals surface area contributed by atoms with Gasteiger partial charge < -0.3 is 5.11 Å². The third-order valence-electron chi connectivity index (χ3n) is 8.96. The van der Waals surface area contributed by atoms with Gasteiger partial charge in [0, 0.05) is 41.6 Å². The molecule has 0 bridgehead atoms. The zero-order valence-corrected chi connectivity index (χ0v) is 23.9. The van der Waals surface area contributed by atoms with Crippen LogP contribution in [0.3, 0.4) is 0 Å². The molecular formula is C36H27N5O3. The van der Waals surface area contributed by atoms with Gasteiger partial charge in [-0.1, -0.05) is 72.8 Å².